The number of hydrogen-bond donors (Lipinski definition) is 3. The number of hydrogen-bond acceptors (Lipinski definition) is 12. The van der Waals surface area contributed by atoms with Crippen molar-refractivity contribution in [1.29, 1.82) is 0 Å². The van der Waals surface area contributed by atoms with Crippen molar-refractivity contribution in [3.8, 4) is 0 Å². The zero-order valence-corrected chi connectivity index (χ0v) is 37.3. The maximum absolute atomic E-state index is 12.6. The molecule has 0 aliphatic rings. The van der Waals surface area contributed by atoms with E-state index < -0.39 is 48.5 Å². The molecule has 6 rings (SSSR count). The molecule has 69 heavy (non-hydrogen) atoms. The van der Waals surface area contributed by atoms with Gasteiger partial charge in [-0.3, -0.25) is 16.0 Å². The van der Waals surface area contributed by atoms with Gasteiger partial charge < -0.3 is 28.4 Å². The lowest BCUT2D eigenvalue weighted by atomic mass is 10.2. The molecule has 354 valence electrons. The molecule has 0 fully saturated rings. The Kier molecular flexibility index (Phi) is 21.0. The molecular weight excluding hydrogens is 889 g/mol. The SMILES string of the molecule is CN(C(=O)OCc1ccccc1)C(=NC(=O)OCc1ccccc1)NC(=O)OCc1ccccc1.O=C(N=C(NC(=O)OCc1ccccc1)NC(=O)OCc1ccccc1)OCc1ccccc1. The van der Waals surface area contributed by atoms with Crippen molar-refractivity contribution in [3.63, 3.8) is 0 Å². The fraction of sp³-hybridized carbons (Fsp3) is 0.137. The molecule has 0 saturated heterocycles. The molecule has 0 spiro atoms. The second-order valence-corrected chi connectivity index (χ2v) is 14.1. The summed E-state index contributed by atoms with van der Waals surface area (Å²) in [6.07, 6.45) is -5.64. The number of nitrogens with one attached hydrogen (secondary N) is 3. The number of alkyl carbamates (subject to hydrolysis) is 3. The van der Waals surface area contributed by atoms with Crippen LogP contribution in [-0.2, 0) is 68.1 Å². The van der Waals surface area contributed by atoms with Crippen molar-refractivity contribution in [3.05, 3.63) is 215 Å². The molecule has 0 heterocycles. The van der Waals surface area contributed by atoms with Crippen LogP contribution in [-0.4, -0.2) is 60.4 Å². The average Bonchev–Trinajstić information content (AvgIpc) is 3.38. The summed E-state index contributed by atoms with van der Waals surface area (Å²) in [5, 5.41) is 6.75. The Morgan fingerprint density at radius 2 is 0.623 bits per heavy atom. The van der Waals surface area contributed by atoms with Crippen LogP contribution in [0.15, 0.2) is 192 Å². The summed E-state index contributed by atoms with van der Waals surface area (Å²) < 4.78 is 30.8. The number of amides is 6. The van der Waals surface area contributed by atoms with E-state index in [1.54, 1.807) is 121 Å². The Balaban J connectivity index is 0.000000258. The van der Waals surface area contributed by atoms with Gasteiger partial charge in [0.05, 0.1) is 0 Å². The van der Waals surface area contributed by atoms with Crippen LogP contribution in [0.2, 0.25) is 0 Å². The van der Waals surface area contributed by atoms with Gasteiger partial charge >= 0.3 is 36.6 Å². The number of carbonyl (C=O) groups is 6. The number of benzene rings is 6. The average molecular weight is 937 g/mol. The third-order valence-corrected chi connectivity index (χ3v) is 8.90. The van der Waals surface area contributed by atoms with Gasteiger partial charge in [-0.2, -0.15) is 0 Å². The molecule has 0 aliphatic heterocycles. The first-order valence-electron chi connectivity index (χ1n) is 21.1. The molecule has 18 nitrogen and oxygen atoms in total. The predicted molar refractivity (Wildman–Crippen MR) is 252 cm³/mol. The third-order valence-electron chi connectivity index (χ3n) is 8.90. The minimum atomic E-state index is -1.02. The van der Waals surface area contributed by atoms with Crippen molar-refractivity contribution < 1.29 is 57.2 Å². The molecule has 0 radical (unpaired) electrons. The Labute approximate surface area is 397 Å². The van der Waals surface area contributed by atoms with E-state index in [1.165, 1.54) is 7.05 Å². The van der Waals surface area contributed by atoms with Gasteiger partial charge in [0.15, 0.2) is 0 Å². The van der Waals surface area contributed by atoms with Crippen LogP contribution in [0.4, 0.5) is 28.8 Å². The fourth-order valence-electron chi connectivity index (χ4n) is 5.42. The van der Waals surface area contributed by atoms with E-state index in [1.807, 2.05) is 60.7 Å². The highest BCUT2D eigenvalue weighted by Gasteiger charge is 2.22. The molecule has 6 amide bonds. The van der Waals surface area contributed by atoms with E-state index in [-0.39, 0.29) is 39.6 Å². The Morgan fingerprint density at radius 1 is 0.362 bits per heavy atom. The zero-order valence-electron chi connectivity index (χ0n) is 37.3. The van der Waals surface area contributed by atoms with Crippen LogP contribution < -0.4 is 16.0 Å². The van der Waals surface area contributed by atoms with Crippen LogP contribution in [0.5, 0.6) is 0 Å². The highest BCUT2D eigenvalue weighted by molar-refractivity contribution is 6.05. The van der Waals surface area contributed by atoms with E-state index >= 15 is 0 Å². The number of guanidine groups is 2. The molecule has 0 aromatic heterocycles. The largest absolute Gasteiger partial charge is 0.444 e. The van der Waals surface area contributed by atoms with Crippen LogP contribution in [0.3, 0.4) is 0 Å². The molecule has 0 aliphatic carbocycles. The minimum absolute atomic E-state index is 0.00575. The summed E-state index contributed by atoms with van der Waals surface area (Å²) in [4.78, 5) is 82.0. The van der Waals surface area contributed by atoms with E-state index in [0.717, 1.165) is 38.3 Å². The van der Waals surface area contributed by atoms with E-state index in [9.17, 15) is 28.8 Å². The van der Waals surface area contributed by atoms with E-state index in [4.69, 9.17) is 28.4 Å². The first-order valence-corrected chi connectivity index (χ1v) is 21.1. The lowest BCUT2D eigenvalue weighted by molar-refractivity contribution is 0.119. The van der Waals surface area contributed by atoms with Crippen molar-refractivity contribution in [1.82, 2.24) is 20.9 Å². The van der Waals surface area contributed by atoms with Gasteiger partial charge in [0.2, 0.25) is 11.9 Å². The topological polar surface area (TPSA) is 222 Å². The number of ether oxygens (including phenoxy) is 6. The second kappa shape index (κ2) is 28.6. The van der Waals surface area contributed by atoms with Crippen molar-refractivity contribution >= 4 is 48.5 Å². The van der Waals surface area contributed by atoms with Gasteiger partial charge in [-0.25, -0.2) is 33.7 Å². The van der Waals surface area contributed by atoms with Crippen molar-refractivity contribution in [2.75, 3.05) is 7.05 Å². The van der Waals surface area contributed by atoms with Gasteiger partial charge in [0.1, 0.15) is 39.6 Å². The smallest absolute Gasteiger partial charge is 0.437 e. The first kappa shape index (κ1) is 50.7. The molecule has 0 unspecified atom stereocenters. The maximum Gasteiger partial charge on any atom is 0.437 e. The molecular formula is C51H48N6O12. The van der Waals surface area contributed by atoms with Gasteiger partial charge in [-0.05, 0) is 33.4 Å². The minimum Gasteiger partial charge on any atom is -0.444 e. The van der Waals surface area contributed by atoms with Crippen molar-refractivity contribution in [2.24, 2.45) is 9.98 Å². The standard InChI is InChI=1S/C26H25N3O6.C25H23N3O6/c1-29(26(32)35-19-22-15-9-4-10-16-22)23(27-24(30)33-17-20-11-5-2-6-12-20)28-25(31)34-18-21-13-7-3-8-14-21;29-23(32-16-19-10-4-1-5-11-19)26-22(27-24(30)33-17-20-12-6-2-7-13-20)28-25(31)34-18-21-14-8-3-9-15-21/h2-16H,17-19H2,1H3,(H,27,28,30,31);1-15H,16-18H2,(H2,26,27,28,29,30,31). The Bertz CT molecular complexity index is 2550. The molecule has 0 bridgehead atoms. The summed E-state index contributed by atoms with van der Waals surface area (Å²) in [5.41, 5.74) is 4.55. The van der Waals surface area contributed by atoms with Crippen LogP contribution in [0, 0.1) is 0 Å². The molecule has 0 saturated carbocycles. The summed E-state index contributed by atoms with van der Waals surface area (Å²) in [5.74, 6) is -0.895. The predicted octanol–water partition coefficient (Wildman–Crippen LogP) is 9.41. The Morgan fingerprint density at radius 3 is 0.942 bits per heavy atom. The summed E-state index contributed by atoms with van der Waals surface area (Å²) in [6, 6.07) is 54.1. The molecule has 6 aromatic rings. The normalized spacial score (nSPS) is 10.3. The molecule has 18 heteroatoms. The zero-order chi connectivity index (χ0) is 48.9. The van der Waals surface area contributed by atoms with Crippen LogP contribution in [0.25, 0.3) is 0 Å². The van der Waals surface area contributed by atoms with Crippen molar-refractivity contribution in [2.45, 2.75) is 39.6 Å². The van der Waals surface area contributed by atoms with E-state index in [0.29, 0.717) is 0 Å². The highest BCUT2D eigenvalue weighted by atomic mass is 16.6. The quantitative estimate of drug-likeness (QED) is 0.0593. The van der Waals surface area contributed by atoms with Gasteiger partial charge in [-0.15, -0.1) is 9.98 Å². The van der Waals surface area contributed by atoms with E-state index in [2.05, 4.69) is 25.9 Å². The van der Waals surface area contributed by atoms with Crippen LogP contribution in [0.1, 0.15) is 33.4 Å². The third kappa shape index (κ3) is 20.2. The summed E-state index contributed by atoms with van der Waals surface area (Å²) in [6.45, 7) is -0.118. The molecule has 6 aromatic carbocycles. The number of rotatable bonds is 12. The van der Waals surface area contributed by atoms with Crippen LogP contribution >= 0.6 is 0 Å². The lowest BCUT2D eigenvalue weighted by Crippen LogP contribution is -2.46. The highest BCUT2D eigenvalue weighted by Crippen LogP contribution is 2.08. The van der Waals surface area contributed by atoms with Gasteiger partial charge in [0.25, 0.3) is 0 Å². The summed E-state index contributed by atoms with van der Waals surface area (Å²) >= 11 is 0. The second-order valence-electron chi connectivity index (χ2n) is 14.1. The number of aliphatic imine (C=N–C) groups is 2. The molecule has 3 N–H and O–H groups in total. The maximum atomic E-state index is 12.6. The summed E-state index contributed by atoms with van der Waals surface area (Å²) in [7, 11) is 1.30. The first-order chi connectivity index (χ1) is 33.6. The molecule has 0 atom stereocenters. The monoisotopic (exact) mass is 936 g/mol. The lowest BCUT2D eigenvalue weighted by Gasteiger charge is -2.19. The number of nitrogens with zero attached hydrogens (tertiary/aromatic N) is 3. The fourth-order valence-corrected chi connectivity index (χ4v) is 5.42. The van der Waals surface area contributed by atoms with Gasteiger partial charge in [0, 0.05) is 7.05 Å². The Hall–Kier alpha value is -9.32. The number of carbonyl (C=O) groups excluding carboxylic acids is 6. The van der Waals surface area contributed by atoms with Gasteiger partial charge in [-0.1, -0.05) is 182 Å².